The lowest BCUT2D eigenvalue weighted by Crippen LogP contribution is -2.70. The van der Waals surface area contributed by atoms with E-state index in [2.05, 4.69) is 4.74 Å². The van der Waals surface area contributed by atoms with Crippen molar-refractivity contribution in [2.75, 3.05) is 0 Å². The minimum atomic E-state index is -6.07. The molecule has 3 nitrogen and oxygen atoms in total. The van der Waals surface area contributed by atoms with Crippen LogP contribution in [0.25, 0.3) is 0 Å². The van der Waals surface area contributed by atoms with Crippen LogP contribution in [0.5, 0.6) is 0 Å². The minimum absolute atomic E-state index is 0.149. The van der Waals surface area contributed by atoms with E-state index < -0.39 is 34.9 Å². The van der Waals surface area contributed by atoms with Gasteiger partial charge in [-0.1, -0.05) is 20.8 Å². The van der Waals surface area contributed by atoms with Crippen LogP contribution in [-0.4, -0.2) is 34.6 Å². The first kappa shape index (κ1) is 22.0. The monoisotopic (exact) mass is 352 g/mol. The van der Waals surface area contributed by atoms with Crippen molar-refractivity contribution >= 4 is 5.97 Å². The molecule has 0 aromatic rings. The van der Waals surface area contributed by atoms with Crippen molar-refractivity contribution in [2.24, 2.45) is 11.3 Å². The zero-order chi connectivity index (χ0) is 19.1. The van der Waals surface area contributed by atoms with E-state index in [4.69, 9.17) is 0 Å². The van der Waals surface area contributed by atoms with Gasteiger partial charge in [0.05, 0.1) is 5.41 Å². The van der Waals surface area contributed by atoms with Crippen molar-refractivity contribution in [3.8, 4) is 0 Å². The van der Waals surface area contributed by atoms with Gasteiger partial charge in [0, 0.05) is 0 Å². The van der Waals surface area contributed by atoms with E-state index in [0.717, 1.165) is 0 Å². The highest BCUT2D eigenvalue weighted by molar-refractivity contribution is 5.77. The van der Waals surface area contributed by atoms with Crippen LogP contribution in [0.3, 0.4) is 0 Å². The number of esters is 1. The molecule has 0 aliphatic heterocycles. The molecule has 0 saturated carbocycles. The number of carbonyl (C=O) groups is 1. The Hall–Kier alpha value is -0.990. The zero-order valence-corrected chi connectivity index (χ0v) is 13.8. The van der Waals surface area contributed by atoms with Crippen LogP contribution in [-0.2, 0) is 9.53 Å². The number of ether oxygens (including phenoxy) is 1. The van der Waals surface area contributed by atoms with Crippen molar-refractivity contribution < 1.29 is 41.0 Å². The van der Waals surface area contributed by atoms with Crippen molar-refractivity contribution in [2.45, 2.75) is 71.5 Å². The molecule has 9 heteroatoms. The van der Waals surface area contributed by atoms with Crippen LogP contribution in [0.2, 0.25) is 0 Å². The molecule has 0 amide bonds. The standard InChI is InChI=1S/C14H22F6O3/c1-7-11(6,8(2)3)9(21)23-10(4,5)12(22,13(15,16)17)14(18,19)20/h8,22H,7H2,1-6H3. The van der Waals surface area contributed by atoms with Crippen molar-refractivity contribution in [3.63, 3.8) is 0 Å². The van der Waals surface area contributed by atoms with Gasteiger partial charge in [0.1, 0.15) is 0 Å². The quantitative estimate of drug-likeness (QED) is 0.595. The first-order valence-electron chi connectivity index (χ1n) is 6.97. The van der Waals surface area contributed by atoms with Crippen LogP contribution in [0.4, 0.5) is 26.3 Å². The summed E-state index contributed by atoms with van der Waals surface area (Å²) in [5, 5.41) is 9.41. The number of hydrogen-bond acceptors (Lipinski definition) is 3. The van der Waals surface area contributed by atoms with Gasteiger partial charge in [0.15, 0.2) is 5.60 Å². The molecule has 0 heterocycles. The maximum atomic E-state index is 12.9. The van der Waals surface area contributed by atoms with E-state index >= 15 is 0 Å². The van der Waals surface area contributed by atoms with Crippen molar-refractivity contribution in [1.29, 1.82) is 0 Å². The number of rotatable bonds is 5. The molecule has 1 N–H and O–H groups in total. The fourth-order valence-electron chi connectivity index (χ4n) is 2.05. The van der Waals surface area contributed by atoms with E-state index in [1.807, 2.05) is 0 Å². The molecule has 1 atom stereocenters. The van der Waals surface area contributed by atoms with E-state index in [9.17, 15) is 36.2 Å². The average molecular weight is 352 g/mol. The van der Waals surface area contributed by atoms with Gasteiger partial charge in [-0.3, -0.25) is 4.79 Å². The summed E-state index contributed by atoms with van der Waals surface area (Å²) in [5.41, 5.74) is -9.73. The predicted molar refractivity (Wildman–Crippen MR) is 70.5 cm³/mol. The fraction of sp³-hybridized carbons (Fsp3) is 0.929. The summed E-state index contributed by atoms with van der Waals surface area (Å²) in [5.74, 6) is -1.62. The molecule has 138 valence electrons. The summed E-state index contributed by atoms with van der Waals surface area (Å²) in [7, 11) is 0. The number of aliphatic hydroxyl groups is 1. The molecule has 0 bridgehead atoms. The largest absolute Gasteiger partial charge is 0.455 e. The Labute approximate surface area is 131 Å². The molecular formula is C14H22F6O3. The van der Waals surface area contributed by atoms with Gasteiger partial charge in [-0.25, -0.2) is 0 Å². The molecule has 0 radical (unpaired) electrons. The normalized spacial score (nSPS) is 17.1. The van der Waals surface area contributed by atoms with Crippen LogP contribution in [0, 0.1) is 11.3 Å². The summed E-state index contributed by atoms with van der Waals surface area (Å²) in [6, 6.07) is 0. The molecular weight excluding hydrogens is 330 g/mol. The summed E-state index contributed by atoms with van der Waals surface area (Å²) in [6.45, 7) is 6.92. The summed E-state index contributed by atoms with van der Waals surface area (Å²) >= 11 is 0. The maximum absolute atomic E-state index is 12.9. The highest BCUT2D eigenvalue weighted by Crippen LogP contribution is 2.51. The molecule has 23 heavy (non-hydrogen) atoms. The van der Waals surface area contributed by atoms with Crippen LogP contribution in [0.15, 0.2) is 0 Å². The second kappa shape index (κ2) is 6.14. The minimum Gasteiger partial charge on any atom is -0.455 e. The molecule has 0 saturated heterocycles. The Balaban J connectivity index is 5.93. The second-order valence-corrected chi connectivity index (χ2v) is 6.53. The van der Waals surface area contributed by atoms with Gasteiger partial charge in [-0.15, -0.1) is 0 Å². The lowest BCUT2D eigenvalue weighted by atomic mass is 9.76. The highest BCUT2D eigenvalue weighted by Gasteiger charge is 2.78. The Morgan fingerprint density at radius 3 is 1.57 bits per heavy atom. The summed E-state index contributed by atoms with van der Waals surface area (Å²) in [4.78, 5) is 12.2. The number of alkyl halides is 6. The van der Waals surface area contributed by atoms with E-state index in [1.165, 1.54) is 6.92 Å². The third-order valence-electron chi connectivity index (χ3n) is 4.51. The Morgan fingerprint density at radius 1 is 1.00 bits per heavy atom. The van der Waals surface area contributed by atoms with Crippen LogP contribution >= 0.6 is 0 Å². The molecule has 0 aliphatic rings. The first-order chi connectivity index (χ1) is 9.88. The van der Waals surface area contributed by atoms with Gasteiger partial charge in [-0.05, 0) is 33.1 Å². The van der Waals surface area contributed by atoms with Gasteiger partial charge in [-0.2, -0.15) is 26.3 Å². The van der Waals surface area contributed by atoms with Gasteiger partial charge >= 0.3 is 18.3 Å². The van der Waals surface area contributed by atoms with Gasteiger partial charge < -0.3 is 9.84 Å². The summed E-state index contributed by atoms with van der Waals surface area (Å²) in [6.07, 6.45) is -12.0. The predicted octanol–water partition coefficient (Wildman–Crippen LogP) is 4.24. The van der Waals surface area contributed by atoms with E-state index in [-0.39, 0.29) is 12.3 Å². The molecule has 0 aliphatic carbocycles. The lowest BCUT2D eigenvalue weighted by molar-refractivity contribution is -0.408. The van der Waals surface area contributed by atoms with Gasteiger partial charge in [0.2, 0.25) is 0 Å². The SMILES string of the molecule is CCC(C)(C(=O)OC(C)(C)C(O)(C(F)(F)F)C(F)(F)F)C(C)C. The number of halogens is 6. The third-order valence-corrected chi connectivity index (χ3v) is 4.51. The molecule has 0 fully saturated rings. The third kappa shape index (κ3) is 3.59. The molecule has 0 aromatic heterocycles. The summed E-state index contributed by atoms with van der Waals surface area (Å²) < 4.78 is 82.1. The van der Waals surface area contributed by atoms with Crippen LogP contribution in [0.1, 0.15) is 48.0 Å². The van der Waals surface area contributed by atoms with E-state index in [0.29, 0.717) is 13.8 Å². The second-order valence-electron chi connectivity index (χ2n) is 6.53. The first-order valence-corrected chi connectivity index (χ1v) is 6.97. The molecule has 0 aromatic carbocycles. The number of hydrogen-bond donors (Lipinski definition) is 1. The van der Waals surface area contributed by atoms with Gasteiger partial charge in [0.25, 0.3) is 5.60 Å². The fourth-order valence-corrected chi connectivity index (χ4v) is 2.05. The van der Waals surface area contributed by atoms with E-state index in [1.54, 1.807) is 20.8 Å². The van der Waals surface area contributed by atoms with Crippen molar-refractivity contribution in [3.05, 3.63) is 0 Å². The maximum Gasteiger partial charge on any atom is 0.430 e. The molecule has 0 rings (SSSR count). The lowest BCUT2D eigenvalue weighted by Gasteiger charge is -2.45. The molecule has 1 unspecified atom stereocenters. The smallest absolute Gasteiger partial charge is 0.430 e. The Bertz CT molecular complexity index is 425. The Morgan fingerprint density at radius 2 is 1.35 bits per heavy atom. The zero-order valence-electron chi connectivity index (χ0n) is 13.8. The molecule has 0 spiro atoms. The average Bonchev–Trinajstić information content (AvgIpc) is 2.32. The highest BCUT2D eigenvalue weighted by atomic mass is 19.4. The van der Waals surface area contributed by atoms with Crippen molar-refractivity contribution in [1.82, 2.24) is 0 Å². The topological polar surface area (TPSA) is 46.5 Å². The van der Waals surface area contributed by atoms with Crippen LogP contribution < -0.4 is 0 Å². The Kier molecular flexibility index (Phi) is 5.88. The number of carbonyl (C=O) groups excluding carboxylic acids is 1.